The second kappa shape index (κ2) is 7.61. The number of halogens is 1. The minimum atomic E-state index is 0.310. The Balaban J connectivity index is 1.74. The number of nitrogens with one attached hydrogen (secondary N) is 1. The van der Waals surface area contributed by atoms with Crippen molar-refractivity contribution in [2.45, 2.75) is 50.1 Å². The first-order valence-electron chi connectivity index (χ1n) is 9.46. The van der Waals surface area contributed by atoms with E-state index in [-0.39, 0.29) is 0 Å². The van der Waals surface area contributed by atoms with Crippen molar-refractivity contribution in [1.82, 2.24) is 5.32 Å². The largest absolute Gasteiger partial charge is 0.493 e. The van der Waals surface area contributed by atoms with Gasteiger partial charge in [0, 0.05) is 16.6 Å². The molecule has 3 nitrogen and oxygen atoms in total. The molecule has 1 saturated carbocycles. The van der Waals surface area contributed by atoms with E-state index in [2.05, 4.69) is 57.6 Å². The number of rotatable bonds is 4. The van der Waals surface area contributed by atoms with Gasteiger partial charge in [-0.05, 0) is 66.1 Å². The predicted molar refractivity (Wildman–Crippen MR) is 108 cm³/mol. The topological polar surface area (TPSA) is 30.5 Å². The molecule has 0 saturated heterocycles. The molecular weight excluding hydrogens is 390 g/mol. The molecule has 4 rings (SSSR count). The first-order chi connectivity index (χ1) is 12.7. The fraction of sp³-hybridized carbons (Fsp3) is 0.455. The fourth-order valence-corrected chi connectivity index (χ4v) is 4.87. The van der Waals surface area contributed by atoms with E-state index in [0.29, 0.717) is 18.0 Å². The maximum Gasteiger partial charge on any atom is 0.161 e. The molecule has 138 valence electrons. The molecular formula is C22H26BrNO2. The van der Waals surface area contributed by atoms with Gasteiger partial charge in [-0.1, -0.05) is 40.9 Å². The minimum absolute atomic E-state index is 0.310. The molecule has 2 aliphatic rings. The highest BCUT2D eigenvalue weighted by atomic mass is 79.9. The van der Waals surface area contributed by atoms with Gasteiger partial charge in [-0.3, -0.25) is 0 Å². The molecule has 0 radical (unpaired) electrons. The minimum Gasteiger partial charge on any atom is -0.493 e. The Morgan fingerprint density at radius 2 is 1.62 bits per heavy atom. The van der Waals surface area contributed by atoms with E-state index in [1.807, 2.05) is 0 Å². The maximum absolute atomic E-state index is 5.60. The van der Waals surface area contributed by atoms with Crippen molar-refractivity contribution in [3.05, 3.63) is 57.6 Å². The Labute approximate surface area is 164 Å². The monoisotopic (exact) mass is 415 g/mol. The maximum atomic E-state index is 5.60. The second-order valence-corrected chi connectivity index (χ2v) is 8.30. The van der Waals surface area contributed by atoms with Gasteiger partial charge in [0.2, 0.25) is 0 Å². The lowest BCUT2D eigenvalue weighted by atomic mass is 9.73. The van der Waals surface area contributed by atoms with Gasteiger partial charge >= 0.3 is 0 Å². The van der Waals surface area contributed by atoms with Gasteiger partial charge in [-0.2, -0.15) is 0 Å². The standard InChI is InChI=1S/C22H26BrNO2/c1-25-21-12-17-16-5-3-4-6-19(16)24-20(18(17)13-22(21)26-2)11-14-7-9-15(23)10-8-14/h7-10,12-13,16,19-20,24H,3-6,11H2,1-2H3. The summed E-state index contributed by atoms with van der Waals surface area (Å²) in [5.74, 6) is 2.25. The van der Waals surface area contributed by atoms with Gasteiger partial charge in [0.1, 0.15) is 0 Å². The Morgan fingerprint density at radius 1 is 0.962 bits per heavy atom. The zero-order chi connectivity index (χ0) is 18.1. The molecule has 2 aromatic carbocycles. The molecule has 0 spiro atoms. The first kappa shape index (κ1) is 17.9. The lowest BCUT2D eigenvalue weighted by Gasteiger charge is -2.42. The normalized spacial score (nSPS) is 24.5. The summed E-state index contributed by atoms with van der Waals surface area (Å²) in [6.07, 6.45) is 6.13. The summed E-state index contributed by atoms with van der Waals surface area (Å²) in [5.41, 5.74) is 4.17. The molecule has 26 heavy (non-hydrogen) atoms. The van der Waals surface area contributed by atoms with Crippen LogP contribution in [0.25, 0.3) is 0 Å². The number of hydrogen-bond acceptors (Lipinski definition) is 3. The van der Waals surface area contributed by atoms with Crippen LogP contribution in [-0.2, 0) is 6.42 Å². The summed E-state index contributed by atoms with van der Waals surface area (Å²) in [7, 11) is 3.44. The molecule has 1 aliphatic heterocycles. The van der Waals surface area contributed by atoms with Crippen LogP contribution in [0.5, 0.6) is 11.5 Å². The van der Waals surface area contributed by atoms with Crippen LogP contribution < -0.4 is 14.8 Å². The molecule has 0 bridgehead atoms. The lowest BCUT2D eigenvalue weighted by Crippen LogP contribution is -2.44. The molecule has 1 fully saturated rings. The molecule has 1 aliphatic carbocycles. The van der Waals surface area contributed by atoms with Crippen molar-refractivity contribution in [2.24, 2.45) is 0 Å². The van der Waals surface area contributed by atoms with Gasteiger partial charge in [0.15, 0.2) is 11.5 Å². The zero-order valence-electron chi connectivity index (χ0n) is 15.4. The van der Waals surface area contributed by atoms with Crippen LogP contribution in [0.4, 0.5) is 0 Å². The van der Waals surface area contributed by atoms with Gasteiger partial charge in [0.05, 0.1) is 14.2 Å². The number of benzene rings is 2. The van der Waals surface area contributed by atoms with Crippen molar-refractivity contribution < 1.29 is 9.47 Å². The summed E-state index contributed by atoms with van der Waals surface area (Å²) in [4.78, 5) is 0. The zero-order valence-corrected chi connectivity index (χ0v) is 17.0. The van der Waals surface area contributed by atoms with E-state index in [1.54, 1.807) is 14.2 Å². The van der Waals surface area contributed by atoms with Gasteiger partial charge in [0.25, 0.3) is 0 Å². The third kappa shape index (κ3) is 3.37. The average Bonchev–Trinajstić information content (AvgIpc) is 2.68. The Morgan fingerprint density at radius 3 is 2.31 bits per heavy atom. The van der Waals surface area contributed by atoms with Gasteiger partial charge in [-0.15, -0.1) is 0 Å². The molecule has 0 amide bonds. The Kier molecular flexibility index (Phi) is 5.23. The van der Waals surface area contributed by atoms with Crippen molar-refractivity contribution >= 4 is 15.9 Å². The van der Waals surface area contributed by atoms with E-state index >= 15 is 0 Å². The first-order valence-corrected chi connectivity index (χ1v) is 10.2. The van der Waals surface area contributed by atoms with Crippen LogP contribution in [0.1, 0.15) is 54.3 Å². The molecule has 2 aromatic rings. The Hall–Kier alpha value is -1.52. The third-order valence-corrected chi connectivity index (χ3v) is 6.43. The highest BCUT2D eigenvalue weighted by molar-refractivity contribution is 9.10. The van der Waals surface area contributed by atoms with Crippen LogP contribution >= 0.6 is 15.9 Å². The number of methoxy groups -OCH3 is 2. The van der Waals surface area contributed by atoms with Crippen LogP contribution in [0.3, 0.4) is 0 Å². The van der Waals surface area contributed by atoms with E-state index in [9.17, 15) is 0 Å². The fourth-order valence-electron chi connectivity index (χ4n) is 4.61. The SMILES string of the molecule is COc1cc2c(cc1OC)C1CCCCC1NC2Cc1ccc(Br)cc1. The molecule has 0 aromatic heterocycles. The quantitative estimate of drug-likeness (QED) is 0.726. The Bertz CT molecular complexity index is 774. The number of ether oxygens (including phenoxy) is 2. The smallest absolute Gasteiger partial charge is 0.161 e. The molecule has 3 unspecified atom stereocenters. The molecule has 3 atom stereocenters. The summed E-state index contributed by atoms with van der Waals surface area (Å²) >= 11 is 3.53. The van der Waals surface area contributed by atoms with Crippen molar-refractivity contribution in [1.29, 1.82) is 0 Å². The molecule has 1 heterocycles. The van der Waals surface area contributed by atoms with E-state index in [0.717, 1.165) is 22.4 Å². The second-order valence-electron chi connectivity index (χ2n) is 7.38. The average molecular weight is 416 g/mol. The summed E-state index contributed by atoms with van der Waals surface area (Å²) in [6.45, 7) is 0. The highest BCUT2D eigenvalue weighted by Crippen LogP contribution is 2.46. The summed E-state index contributed by atoms with van der Waals surface area (Å²) < 4.78 is 12.3. The predicted octanol–water partition coefficient (Wildman–Crippen LogP) is 5.38. The van der Waals surface area contributed by atoms with Gasteiger partial charge < -0.3 is 14.8 Å². The van der Waals surface area contributed by atoms with E-state index < -0.39 is 0 Å². The van der Waals surface area contributed by atoms with Gasteiger partial charge in [-0.25, -0.2) is 0 Å². The van der Waals surface area contributed by atoms with Crippen molar-refractivity contribution in [3.8, 4) is 11.5 Å². The van der Waals surface area contributed by atoms with Crippen molar-refractivity contribution in [3.63, 3.8) is 0 Å². The summed E-state index contributed by atoms with van der Waals surface area (Å²) in [6, 6.07) is 14.0. The van der Waals surface area contributed by atoms with E-state index in [1.165, 1.54) is 42.4 Å². The third-order valence-electron chi connectivity index (χ3n) is 5.90. The van der Waals surface area contributed by atoms with E-state index in [4.69, 9.17) is 9.47 Å². The summed E-state index contributed by atoms with van der Waals surface area (Å²) in [5, 5.41) is 3.96. The lowest BCUT2D eigenvalue weighted by molar-refractivity contribution is 0.272. The number of hydrogen-bond donors (Lipinski definition) is 1. The van der Waals surface area contributed by atoms with Crippen LogP contribution in [0.2, 0.25) is 0 Å². The molecule has 4 heteroatoms. The van der Waals surface area contributed by atoms with Crippen LogP contribution in [0.15, 0.2) is 40.9 Å². The van der Waals surface area contributed by atoms with Crippen LogP contribution in [-0.4, -0.2) is 20.3 Å². The van der Waals surface area contributed by atoms with Crippen molar-refractivity contribution in [2.75, 3.05) is 14.2 Å². The molecule has 1 N–H and O–H groups in total. The number of fused-ring (bicyclic) bond motifs is 3. The van der Waals surface area contributed by atoms with Crippen LogP contribution in [0, 0.1) is 0 Å². The highest BCUT2D eigenvalue weighted by Gasteiger charge is 2.36.